The lowest BCUT2D eigenvalue weighted by molar-refractivity contribution is 0.259. The fraction of sp³-hybridized carbons (Fsp3) is 0.188. The molecule has 0 aromatic heterocycles. The number of amides is 2. The lowest BCUT2D eigenvalue weighted by Crippen LogP contribution is -2.19. The first kappa shape index (κ1) is 14.8. The van der Waals surface area contributed by atoms with Gasteiger partial charge in [0.25, 0.3) is 0 Å². The molecule has 0 bridgehead atoms. The molecular weight excluding hydrogens is 269 g/mol. The number of hydrogen-bond acceptors (Lipinski definition) is 2. The van der Waals surface area contributed by atoms with Crippen LogP contribution in [-0.2, 0) is 0 Å². The number of anilines is 2. The van der Waals surface area contributed by atoms with E-state index < -0.39 is 6.03 Å². The summed E-state index contributed by atoms with van der Waals surface area (Å²) in [7, 11) is 0. The minimum absolute atomic E-state index is 0.0977. The van der Waals surface area contributed by atoms with Crippen LogP contribution in [0.1, 0.15) is 24.9 Å². The smallest absolute Gasteiger partial charge is 0.316 e. The maximum absolute atomic E-state index is 13.0. The summed E-state index contributed by atoms with van der Waals surface area (Å²) in [5, 5.41) is 5.89. The topological polar surface area (TPSA) is 67.2 Å². The number of carbonyl (C=O) groups is 1. The zero-order chi connectivity index (χ0) is 15.2. The SMILES string of the molecule is CCC(Nc1ccc(NC(N)=O)cc1)c1ccc(F)cc1. The van der Waals surface area contributed by atoms with Gasteiger partial charge in [-0.15, -0.1) is 0 Å². The molecule has 0 saturated carbocycles. The van der Waals surface area contributed by atoms with E-state index in [1.54, 1.807) is 24.3 Å². The number of hydrogen-bond donors (Lipinski definition) is 3. The average Bonchev–Trinajstić information content (AvgIpc) is 2.47. The molecule has 110 valence electrons. The van der Waals surface area contributed by atoms with Crippen molar-refractivity contribution in [2.24, 2.45) is 5.73 Å². The summed E-state index contributed by atoms with van der Waals surface area (Å²) in [4.78, 5) is 10.8. The lowest BCUT2D eigenvalue weighted by atomic mass is 10.0. The van der Waals surface area contributed by atoms with Crippen molar-refractivity contribution < 1.29 is 9.18 Å². The van der Waals surface area contributed by atoms with Crippen LogP contribution in [0, 0.1) is 5.82 Å². The van der Waals surface area contributed by atoms with Crippen molar-refractivity contribution in [1.82, 2.24) is 0 Å². The van der Waals surface area contributed by atoms with E-state index in [4.69, 9.17) is 5.73 Å². The van der Waals surface area contributed by atoms with Gasteiger partial charge in [-0.3, -0.25) is 0 Å². The van der Waals surface area contributed by atoms with Crippen molar-refractivity contribution in [3.05, 3.63) is 59.9 Å². The van der Waals surface area contributed by atoms with Gasteiger partial charge in [-0.25, -0.2) is 9.18 Å². The first-order valence-corrected chi connectivity index (χ1v) is 6.77. The molecule has 4 N–H and O–H groups in total. The largest absolute Gasteiger partial charge is 0.378 e. The van der Waals surface area contributed by atoms with Gasteiger partial charge >= 0.3 is 6.03 Å². The van der Waals surface area contributed by atoms with Crippen LogP contribution < -0.4 is 16.4 Å². The number of rotatable bonds is 5. The Morgan fingerprint density at radius 1 is 1.10 bits per heavy atom. The third kappa shape index (κ3) is 4.21. The van der Waals surface area contributed by atoms with Crippen molar-refractivity contribution >= 4 is 17.4 Å². The van der Waals surface area contributed by atoms with E-state index in [-0.39, 0.29) is 11.9 Å². The average molecular weight is 287 g/mol. The van der Waals surface area contributed by atoms with Crippen LogP contribution in [-0.4, -0.2) is 6.03 Å². The highest BCUT2D eigenvalue weighted by molar-refractivity contribution is 5.87. The molecule has 5 heteroatoms. The zero-order valence-corrected chi connectivity index (χ0v) is 11.8. The number of halogens is 1. The van der Waals surface area contributed by atoms with Crippen LogP contribution in [0.25, 0.3) is 0 Å². The third-order valence-corrected chi connectivity index (χ3v) is 3.17. The Morgan fingerprint density at radius 3 is 2.19 bits per heavy atom. The number of nitrogens with two attached hydrogens (primary N) is 1. The molecule has 0 radical (unpaired) electrons. The van der Waals surface area contributed by atoms with Crippen LogP contribution >= 0.6 is 0 Å². The molecular formula is C16H18FN3O. The molecule has 2 rings (SSSR count). The molecule has 2 aromatic carbocycles. The van der Waals surface area contributed by atoms with Gasteiger partial charge in [-0.1, -0.05) is 19.1 Å². The molecule has 0 heterocycles. The molecule has 0 aliphatic heterocycles. The number of benzene rings is 2. The Hall–Kier alpha value is -2.56. The van der Waals surface area contributed by atoms with Gasteiger partial charge in [-0.05, 0) is 48.4 Å². The Morgan fingerprint density at radius 2 is 1.67 bits per heavy atom. The Bertz CT molecular complexity index is 596. The highest BCUT2D eigenvalue weighted by atomic mass is 19.1. The summed E-state index contributed by atoms with van der Waals surface area (Å²) in [6, 6.07) is 13.2. The first-order valence-electron chi connectivity index (χ1n) is 6.77. The Kier molecular flexibility index (Phi) is 4.77. The quantitative estimate of drug-likeness (QED) is 0.781. The van der Waals surface area contributed by atoms with Crippen LogP contribution in [0.3, 0.4) is 0 Å². The monoisotopic (exact) mass is 287 g/mol. The maximum atomic E-state index is 13.0. The lowest BCUT2D eigenvalue weighted by Gasteiger charge is -2.19. The summed E-state index contributed by atoms with van der Waals surface area (Å²) in [5.41, 5.74) is 7.64. The summed E-state index contributed by atoms with van der Waals surface area (Å²) in [6.45, 7) is 2.06. The van der Waals surface area contributed by atoms with E-state index in [2.05, 4.69) is 17.6 Å². The van der Waals surface area contributed by atoms with Crippen molar-refractivity contribution in [3.63, 3.8) is 0 Å². The van der Waals surface area contributed by atoms with E-state index in [1.807, 2.05) is 12.1 Å². The molecule has 2 amide bonds. The second kappa shape index (κ2) is 6.74. The molecule has 21 heavy (non-hydrogen) atoms. The third-order valence-electron chi connectivity index (χ3n) is 3.17. The van der Waals surface area contributed by atoms with Crippen LogP contribution in [0.15, 0.2) is 48.5 Å². The van der Waals surface area contributed by atoms with E-state index in [0.717, 1.165) is 17.7 Å². The number of carbonyl (C=O) groups excluding carboxylic acids is 1. The summed E-state index contributed by atoms with van der Waals surface area (Å²) >= 11 is 0. The maximum Gasteiger partial charge on any atom is 0.316 e. The van der Waals surface area contributed by atoms with Gasteiger partial charge in [-0.2, -0.15) is 0 Å². The predicted molar refractivity (Wildman–Crippen MR) is 82.7 cm³/mol. The fourth-order valence-electron chi connectivity index (χ4n) is 2.11. The van der Waals surface area contributed by atoms with Gasteiger partial charge in [0.05, 0.1) is 6.04 Å². The Balaban J connectivity index is 2.07. The molecule has 0 fully saturated rings. The van der Waals surface area contributed by atoms with Crippen molar-refractivity contribution in [1.29, 1.82) is 0 Å². The zero-order valence-electron chi connectivity index (χ0n) is 11.8. The predicted octanol–water partition coefficient (Wildman–Crippen LogP) is 3.88. The van der Waals surface area contributed by atoms with E-state index in [0.29, 0.717) is 5.69 Å². The summed E-state index contributed by atoms with van der Waals surface area (Å²) in [5.74, 6) is -0.240. The molecule has 0 saturated heterocycles. The minimum Gasteiger partial charge on any atom is -0.378 e. The second-order valence-corrected chi connectivity index (χ2v) is 4.72. The fourth-order valence-corrected chi connectivity index (χ4v) is 2.11. The van der Waals surface area contributed by atoms with Crippen LogP contribution in [0.4, 0.5) is 20.6 Å². The van der Waals surface area contributed by atoms with E-state index in [9.17, 15) is 9.18 Å². The number of urea groups is 1. The number of primary amides is 1. The van der Waals surface area contributed by atoms with Gasteiger partial charge in [0.15, 0.2) is 0 Å². The standard InChI is InChI=1S/C16H18FN3O/c1-2-15(11-3-5-12(17)6-4-11)19-13-7-9-14(10-8-13)20-16(18)21/h3-10,15,19H,2H2,1H3,(H3,18,20,21). The van der Waals surface area contributed by atoms with Crippen LogP contribution in [0.5, 0.6) is 0 Å². The summed E-state index contributed by atoms with van der Waals surface area (Å²) < 4.78 is 13.0. The van der Waals surface area contributed by atoms with Crippen molar-refractivity contribution in [3.8, 4) is 0 Å². The molecule has 0 spiro atoms. The van der Waals surface area contributed by atoms with E-state index in [1.165, 1.54) is 12.1 Å². The first-order chi connectivity index (χ1) is 10.1. The van der Waals surface area contributed by atoms with E-state index >= 15 is 0 Å². The molecule has 1 atom stereocenters. The molecule has 0 aliphatic carbocycles. The molecule has 1 unspecified atom stereocenters. The highest BCUT2D eigenvalue weighted by Crippen LogP contribution is 2.23. The molecule has 4 nitrogen and oxygen atoms in total. The highest BCUT2D eigenvalue weighted by Gasteiger charge is 2.09. The summed E-state index contributed by atoms with van der Waals surface area (Å²) in [6.07, 6.45) is 0.868. The molecule has 2 aromatic rings. The van der Waals surface area contributed by atoms with Crippen molar-refractivity contribution in [2.75, 3.05) is 10.6 Å². The van der Waals surface area contributed by atoms with Crippen LogP contribution in [0.2, 0.25) is 0 Å². The second-order valence-electron chi connectivity index (χ2n) is 4.72. The van der Waals surface area contributed by atoms with Gasteiger partial charge < -0.3 is 16.4 Å². The normalized spacial score (nSPS) is 11.7. The molecule has 0 aliphatic rings. The van der Waals surface area contributed by atoms with Crippen molar-refractivity contribution in [2.45, 2.75) is 19.4 Å². The van der Waals surface area contributed by atoms with Gasteiger partial charge in [0.2, 0.25) is 0 Å². The Labute approximate surface area is 123 Å². The van der Waals surface area contributed by atoms with Gasteiger partial charge in [0, 0.05) is 11.4 Å². The minimum atomic E-state index is -0.589. The number of nitrogens with one attached hydrogen (secondary N) is 2. The van der Waals surface area contributed by atoms with Gasteiger partial charge in [0.1, 0.15) is 5.82 Å².